The predicted molar refractivity (Wildman–Crippen MR) is 84.1 cm³/mol. The van der Waals surface area contributed by atoms with E-state index in [4.69, 9.17) is 5.11 Å². The summed E-state index contributed by atoms with van der Waals surface area (Å²) in [6.07, 6.45) is 0.0811. The van der Waals surface area contributed by atoms with Gasteiger partial charge in [-0.15, -0.1) is 15.0 Å². The summed E-state index contributed by atoms with van der Waals surface area (Å²) in [7, 11) is 1.29. The molecule has 0 unspecified atom stereocenters. The van der Waals surface area contributed by atoms with Gasteiger partial charge in [-0.25, -0.2) is 9.59 Å². The van der Waals surface area contributed by atoms with Crippen LogP contribution in [0.5, 0.6) is 0 Å². The van der Waals surface area contributed by atoms with Crippen LogP contribution in [-0.4, -0.2) is 56.3 Å². The van der Waals surface area contributed by atoms with Crippen molar-refractivity contribution in [2.24, 2.45) is 0 Å². The highest BCUT2D eigenvalue weighted by atomic mass is 16.5. The SMILES string of the molecule is CCC(=O)N[C@@H](Cc1nnn(-c2ccc(C(=O)OC)cc2)n1)C(=O)O. The third-order valence-electron chi connectivity index (χ3n) is 3.32. The molecule has 1 atom stereocenters. The Hall–Kier alpha value is -3.30. The molecule has 0 saturated heterocycles. The molecule has 10 nitrogen and oxygen atoms in total. The fourth-order valence-electron chi connectivity index (χ4n) is 1.96. The molecule has 1 aromatic heterocycles. The van der Waals surface area contributed by atoms with Gasteiger partial charge in [0.05, 0.1) is 18.4 Å². The number of carboxylic acid groups (broad SMARTS) is 1. The van der Waals surface area contributed by atoms with Crippen LogP contribution in [0.3, 0.4) is 0 Å². The van der Waals surface area contributed by atoms with Crippen molar-refractivity contribution in [2.45, 2.75) is 25.8 Å². The average molecular weight is 347 g/mol. The monoisotopic (exact) mass is 347 g/mol. The molecular formula is C15H17N5O5. The molecule has 0 bridgehead atoms. The standard InChI is InChI=1S/C15H17N5O5/c1-3-13(21)16-11(14(22)23)8-12-17-19-20(18-12)10-6-4-9(5-7-10)15(24)25-2/h4-7,11H,3,8H2,1-2H3,(H,16,21)(H,22,23)/t11-/m0/s1. The Labute approximate surface area is 142 Å². The first-order valence-corrected chi connectivity index (χ1v) is 7.44. The number of tetrazole rings is 1. The van der Waals surface area contributed by atoms with Crippen LogP contribution in [0.2, 0.25) is 0 Å². The van der Waals surface area contributed by atoms with Crippen molar-refractivity contribution in [1.82, 2.24) is 25.5 Å². The molecule has 0 saturated carbocycles. The number of carbonyl (C=O) groups is 3. The Morgan fingerprint density at radius 2 is 1.96 bits per heavy atom. The molecule has 2 aromatic rings. The Morgan fingerprint density at radius 1 is 1.28 bits per heavy atom. The van der Waals surface area contributed by atoms with Crippen LogP contribution in [0.15, 0.2) is 24.3 Å². The molecule has 1 amide bonds. The van der Waals surface area contributed by atoms with Gasteiger partial charge in [0, 0.05) is 12.8 Å². The molecule has 2 rings (SSSR count). The molecule has 0 radical (unpaired) electrons. The van der Waals surface area contributed by atoms with Gasteiger partial charge in [0.2, 0.25) is 5.91 Å². The first kappa shape index (κ1) is 18.0. The molecule has 1 heterocycles. The molecule has 10 heteroatoms. The van der Waals surface area contributed by atoms with Crippen LogP contribution in [0, 0.1) is 0 Å². The minimum atomic E-state index is -1.18. The summed E-state index contributed by atoms with van der Waals surface area (Å²) < 4.78 is 4.61. The first-order valence-electron chi connectivity index (χ1n) is 7.44. The lowest BCUT2D eigenvalue weighted by Gasteiger charge is -2.11. The maximum Gasteiger partial charge on any atom is 0.337 e. The number of nitrogens with one attached hydrogen (secondary N) is 1. The third-order valence-corrected chi connectivity index (χ3v) is 3.32. The Balaban J connectivity index is 2.12. The minimum absolute atomic E-state index is 0.0959. The highest BCUT2D eigenvalue weighted by molar-refractivity contribution is 5.89. The highest BCUT2D eigenvalue weighted by Gasteiger charge is 2.22. The lowest BCUT2D eigenvalue weighted by Crippen LogP contribution is -2.42. The molecule has 132 valence electrons. The van der Waals surface area contributed by atoms with Crippen LogP contribution >= 0.6 is 0 Å². The number of methoxy groups -OCH3 is 1. The van der Waals surface area contributed by atoms with Crippen molar-refractivity contribution in [3.05, 3.63) is 35.7 Å². The van der Waals surface area contributed by atoms with Crippen molar-refractivity contribution in [3.63, 3.8) is 0 Å². The number of rotatable bonds is 7. The average Bonchev–Trinajstić information content (AvgIpc) is 3.08. The Kier molecular flexibility index (Phi) is 5.77. The molecule has 1 aromatic carbocycles. The number of aromatic nitrogens is 4. The van der Waals surface area contributed by atoms with E-state index in [0.717, 1.165) is 0 Å². The number of hydrogen-bond donors (Lipinski definition) is 2. The number of carbonyl (C=O) groups excluding carboxylic acids is 2. The van der Waals surface area contributed by atoms with Gasteiger partial charge in [0.1, 0.15) is 6.04 Å². The fourth-order valence-corrected chi connectivity index (χ4v) is 1.96. The fraction of sp³-hybridized carbons (Fsp3) is 0.333. The third kappa shape index (κ3) is 4.59. The summed E-state index contributed by atoms with van der Waals surface area (Å²) in [5, 5.41) is 23.3. The maximum absolute atomic E-state index is 11.4. The molecule has 0 aliphatic heterocycles. The molecule has 0 aliphatic carbocycles. The molecule has 25 heavy (non-hydrogen) atoms. The number of benzene rings is 1. The van der Waals surface area contributed by atoms with Gasteiger partial charge in [-0.3, -0.25) is 4.79 Å². The Bertz CT molecular complexity index is 771. The van der Waals surface area contributed by atoms with Crippen molar-refractivity contribution < 1.29 is 24.2 Å². The van der Waals surface area contributed by atoms with E-state index in [0.29, 0.717) is 11.3 Å². The Morgan fingerprint density at radius 3 is 2.52 bits per heavy atom. The van der Waals surface area contributed by atoms with Crippen LogP contribution in [-0.2, 0) is 20.7 Å². The zero-order valence-electron chi connectivity index (χ0n) is 13.7. The highest BCUT2D eigenvalue weighted by Crippen LogP contribution is 2.09. The van der Waals surface area contributed by atoms with Crippen LogP contribution in [0.4, 0.5) is 0 Å². The van der Waals surface area contributed by atoms with E-state index in [1.807, 2.05) is 0 Å². The smallest absolute Gasteiger partial charge is 0.337 e. The molecule has 0 aliphatic rings. The van der Waals surface area contributed by atoms with Crippen LogP contribution < -0.4 is 5.32 Å². The van der Waals surface area contributed by atoms with Gasteiger partial charge < -0.3 is 15.2 Å². The number of aliphatic carboxylic acids is 1. The zero-order chi connectivity index (χ0) is 18.4. The number of amides is 1. The number of nitrogens with zero attached hydrogens (tertiary/aromatic N) is 4. The van der Waals surface area contributed by atoms with Crippen molar-refractivity contribution in [3.8, 4) is 5.69 Å². The zero-order valence-corrected chi connectivity index (χ0v) is 13.7. The summed E-state index contributed by atoms with van der Waals surface area (Å²) in [4.78, 5) is 35.2. The minimum Gasteiger partial charge on any atom is -0.480 e. The number of carboxylic acids is 1. The van der Waals surface area contributed by atoms with Crippen molar-refractivity contribution in [1.29, 1.82) is 0 Å². The van der Waals surface area contributed by atoms with Gasteiger partial charge in [-0.1, -0.05) is 6.92 Å². The lowest BCUT2D eigenvalue weighted by molar-refractivity contribution is -0.141. The summed E-state index contributed by atoms with van der Waals surface area (Å²) in [5.41, 5.74) is 0.913. The van der Waals surface area contributed by atoms with E-state index >= 15 is 0 Å². The van der Waals surface area contributed by atoms with E-state index in [9.17, 15) is 14.4 Å². The normalized spacial score (nSPS) is 11.6. The second-order valence-electron chi connectivity index (χ2n) is 5.05. The second-order valence-corrected chi connectivity index (χ2v) is 5.05. The molecule has 0 spiro atoms. The summed E-state index contributed by atoms with van der Waals surface area (Å²) in [6, 6.07) is 5.17. The molecular weight excluding hydrogens is 330 g/mol. The van der Waals surface area contributed by atoms with Crippen molar-refractivity contribution >= 4 is 17.8 Å². The van der Waals surface area contributed by atoms with E-state index in [1.165, 1.54) is 11.9 Å². The van der Waals surface area contributed by atoms with E-state index in [-0.39, 0.29) is 24.6 Å². The van der Waals surface area contributed by atoms with Crippen molar-refractivity contribution in [2.75, 3.05) is 7.11 Å². The van der Waals surface area contributed by atoms with Gasteiger partial charge in [-0.2, -0.15) is 0 Å². The summed E-state index contributed by atoms with van der Waals surface area (Å²) in [6.45, 7) is 1.63. The van der Waals surface area contributed by atoms with Gasteiger partial charge in [0.25, 0.3) is 0 Å². The molecule has 2 N–H and O–H groups in total. The predicted octanol–water partition coefficient (Wildman–Crippen LogP) is -0.0292. The van der Waals surface area contributed by atoms with Gasteiger partial charge in [0.15, 0.2) is 5.82 Å². The lowest BCUT2D eigenvalue weighted by atomic mass is 10.2. The van der Waals surface area contributed by atoms with Gasteiger partial charge >= 0.3 is 11.9 Å². The van der Waals surface area contributed by atoms with E-state index in [2.05, 4.69) is 25.5 Å². The van der Waals surface area contributed by atoms with Crippen LogP contribution in [0.1, 0.15) is 29.5 Å². The first-order chi connectivity index (χ1) is 11.9. The number of esters is 1. The van der Waals surface area contributed by atoms with E-state index in [1.54, 1.807) is 31.2 Å². The van der Waals surface area contributed by atoms with Crippen LogP contribution in [0.25, 0.3) is 5.69 Å². The maximum atomic E-state index is 11.4. The van der Waals surface area contributed by atoms with Gasteiger partial charge in [-0.05, 0) is 29.5 Å². The van der Waals surface area contributed by atoms with E-state index < -0.39 is 18.0 Å². The largest absolute Gasteiger partial charge is 0.480 e. The molecule has 0 fully saturated rings. The number of hydrogen-bond acceptors (Lipinski definition) is 7. The summed E-state index contributed by atoms with van der Waals surface area (Å²) in [5.74, 6) is -1.85. The topological polar surface area (TPSA) is 136 Å². The quantitative estimate of drug-likeness (QED) is 0.666. The second kappa shape index (κ2) is 7.99. The summed E-state index contributed by atoms with van der Waals surface area (Å²) >= 11 is 0. The number of ether oxygens (including phenoxy) is 1.